The minimum Gasteiger partial charge on any atom is -0.352 e. The van der Waals surface area contributed by atoms with Crippen LogP contribution < -0.4 is 10.6 Å². The van der Waals surface area contributed by atoms with Gasteiger partial charge in [0, 0.05) is 71.5 Å². The maximum atomic E-state index is 4.44. The number of nitrogens with one attached hydrogen (secondary N) is 2. The zero-order valence-electron chi connectivity index (χ0n) is 19.0. The second-order valence-corrected chi connectivity index (χ2v) is 9.10. The molecular formula is C23H40N6. The van der Waals surface area contributed by atoms with Crippen LogP contribution >= 0.6 is 0 Å². The van der Waals surface area contributed by atoms with Crippen molar-refractivity contribution in [2.75, 3.05) is 53.4 Å². The van der Waals surface area contributed by atoms with Crippen LogP contribution in [-0.4, -0.2) is 86.1 Å². The normalized spacial score (nSPS) is 25.0. The fourth-order valence-electron chi connectivity index (χ4n) is 4.20. The van der Waals surface area contributed by atoms with Gasteiger partial charge in [0.05, 0.1) is 0 Å². The van der Waals surface area contributed by atoms with Gasteiger partial charge in [0.2, 0.25) is 0 Å². The van der Waals surface area contributed by atoms with Crippen LogP contribution in [0.1, 0.15) is 31.9 Å². The molecule has 0 amide bonds. The topological polar surface area (TPSA) is 46.1 Å². The molecule has 0 aromatic heterocycles. The summed E-state index contributed by atoms with van der Waals surface area (Å²) in [6.45, 7) is 15.6. The maximum Gasteiger partial charge on any atom is 0.191 e. The molecule has 2 heterocycles. The van der Waals surface area contributed by atoms with E-state index in [4.69, 9.17) is 0 Å². The van der Waals surface area contributed by atoms with Crippen molar-refractivity contribution in [1.82, 2.24) is 25.3 Å². The standard InChI is InChI=1S/C23H40N6/c1-18(2)29-15-19(3)22(17-29)26-23(24-4)25-14-20-6-8-21(9-7-20)16-28-12-10-27(5)11-13-28/h6-9,18-19,22H,10-17H2,1-5H3,(H2,24,25,26). The summed E-state index contributed by atoms with van der Waals surface area (Å²) >= 11 is 0. The van der Waals surface area contributed by atoms with Gasteiger partial charge in [-0.1, -0.05) is 31.2 Å². The number of likely N-dealkylation sites (tertiary alicyclic amines) is 1. The number of likely N-dealkylation sites (N-methyl/N-ethyl adjacent to an activating group) is 1. The molecule has 2 saturated heterocycles. The van der Waals surface area contributed by atoms with E-state index in [1.807, 2.05) is 7.05 Å². The Morgan fingerprint density at radius 3 is 2.31 bits per heavy atom. The molecule has 3 rings (SSSR count). The minimum atomic E-state index is 0.453. The molecule has 6 nitrogen and oxygen atoms in total. The highest BCUT2D eigenvalue weighted by atomic mass is 15.3. The minimum absolute atomic E-state index is 0.453. The van der Waals surface area contributed by atoms with Crippen molar-refractivity contribution in [3.05, 3.63) is 35.4 Å². The summed E-state index contributed by atoms with van der Waals surface area (Å²) in [4.78, 5) is 11.9. The average molecular weight is 401 g/mol. The van der Waals surface area contributed by atoms with Crippen LogP contribution in [0.25, 0.3) is 0 Å². The molecule has 0 bridgehead atoms. The molecule has 2 aliphatic rings. The van der Waals surface area contributed by atoms with E-state index in [2.05, 4.69) is 82.4 Å². The van der Waals surface area contributed by atoms with Gasteiger partial charge < -0.3 is 15.5 Å². The van der Waals surface area contributed by atoms with Gasteiger partial charge in [-0.2, -0.15) is 0 Å². The van der Waals surface area contributed by atoms with E-state index in [1.165, 1.54) is 24.2 Å². The number of hydrogen-bond acceptors (Lipinski definition) is 4. The van der Waals surface area contributed by atoms with Crippen molar-refractivity contribution in [2.24, 2.45) is 10.9 Å². The molecule has 29 heavy (non-hydrogen) atoms. The highest BCUT2D eigenvalue weighted by molar-refractivity contribution is 5.80. The van der Waals surface area contributed by atoms with E-state index in [-0.39, 0.29) is 0 Å². The summed E-state index contributed by atoms with van der Waals surface area (Å²) in [6, 6.07) is 10.1. The van der Waals surface area contributed by atoms with Gasteiger partial charge in [0.1, 0.15) is 0 Å². The summed E-state index contributed by atoms with van der Waals surface area (Å²) in [6.07, 6.45) is 0. The molecule has 1 aromatic carbocycles. The molecule has 2 fully saturated rings. The molecule has 1 aromatic rings. The first-order valence-corrected chi connectivity index (χ1v) is 11.1. The van der Waals surface area contributed by atoms with Crippen LogP contribution in [-0.2, 0) is 13.1 Å². The van der Waals surface area contributed by atoms with Crippen molar-refractivity contribution in [3.63, 3.8) is 0 Å². The molecule has 0 aliphatic carbocycles. The maximum absolute atomic E-state index is 4.44. The lowest BCUT2D eigenvalue weighted by molar-refractivity contribution is 0.148. The van der Waals surface area contributed by atoms with Crippen LogP contribution in [0.15, 0.2) is 29.3 Å². The van der Waals surface area contributed by atoms with Crippen LogP contribution in [0, 0.1) is 5.92 Å². The monoisotopic (exact) mass is 400 g/mol. The number of guanidine groups is 1. The summed E-state index contributed by atoms with van der Waals surface area (Å²) < 4.78 is 0. The van der Waals surface area contributed by atoms with Crippen molar-refractivity contribution in [2.45, 2.75) is 45.9 Å². The van der Waals surface area contributed by atoms with Gasteiger partial charge in [-0.3, -0.25) is 14.8 Å². The number of piperazine rings is 1. The van der Waals surface area contributed by atoms with Gasteiger partial charge in [-0.05, 0) is 37.9 Å². The predicted molar refractivity (Wildman–Crippen MR) is 122 cm³/mol. The van der Waals surface area contributed by atoms with Crippen LogP contribution in [0.4, 0.5) is 0 Å². The Morgan fingerprint density at radius 2 is 1.72 bits per heavy atom. The van der Waals surface area contributed by atoms with Gasteiger partial charge in [0.25, 0.3) is 0 Å². The van der Waals surface area contributed by atoms with Gasteiger partial charge in [-0.15, -0.1) is 0 Å². The summed E-state index contributed by atoms with van der Waals surface area (Å²) in [5.41, 5.74) is 2.69. The number of nitrogens with zero attached hydrogens (tertiary/aromatic N) is 4. The lowest BCUT2D eigenvalue weighted by Gasteiger charge is -2.32. The molecular weight excluding hydrogens is 360 g/mol. The average Bonchev–Trinajstić information content (AvgIpc) is 3.08. The third-order valence-corrected chi connectivity index (χ3v) is 6.40. The smallest absolute Gasteiger partial charge is 0.191 e. The second kappa shape index (κ2) is 10.4. The van der Waals surface area contributed by atoms with Gasteiger partial charge in [-0.25, -0.2) is 0 Å². The molecule has 162 valence electrons. The summed E-state index contributed by atoms with van der Waals surface area (Å²) in [7, 11) is 4.06. The van der Waals surface area contributed by atoms with Crippen LogP contribution in [0.5, 0.6) is 0 Å². The number of hydrogen-bond donors (Lipinski definition) is 2. The Kier molecular flexibility index (Phi) is 7.92. The Hall–Kier alpha value is -1.63. The molecule has 2 N–H and O–H groups in total. The lowest BCUT2D eigenvalue weighted by Crippen LogP contribution is -2.46. The van der Waals surface area contributed by atoms with E-state index < -0.39 is 0 Å². The van der Waals surface area contributed by atoms with Crippen LogP contribution in [0.3, 0.4) is 0 Å². The first kappa shape index (κ1) is 22.1. The van der Waals surface area contributed by atoms with Crippen molar-refractivity contribution < 1.29 is 0 Å². The highest BCUT2D eigenvalue weighted by Crippen LogP contribution is 2.18. The predicted octanol–water partition coefficient (Wildman–Crippen LogP) is 1.83. The van der Waals surface area contributed by atoms with Gasteiger partial charge in [0.15, 0.2) is 5.96 Å². The summed E-state index contributed by atoms with van der Waals surface area (Å²) in [5, 5.41) is 7.11. The first-order chi connectivity index (χ1) is 13.9. The fourth-order valence-corrected chi connectivity index (χ4v) is 4.20. The molecule has 2 aliphatic heterocycles. The van der Waals surface area contributed by atoms with Crippen molar-refractivity contribution >= 4 is 5.96 Å². The molecule has 0 saturated carbocycles. The quantitative estimate of drug-likeness (QED) is 0.564. The third kappa shape index (κ3) is 6.43. The van der Waals surface area contributed by atoms with E-state index in [9.17, 15) is 0 Å². The summed E-state index contributed by atoms with van der Waals surface area (Å²) in [5.74, 6) is 1.53. The van der Waals surface area contributed by atoms with E-state index >= 15 is 0 Å². The number of rotatable bonds is 6. The highest BCUT2D eigenvalue weighted by Gasteiger charge is 2.31. The zero-order chi connectivity index (χ0) is 20.8. The van der Waals surface area contributed by atoms with Crippen molar-refractivity contribution in [1.29, 1.82) is 0 Å². The molecule has 0 spiro atoms. The molecule has 2 atom stereocenters. The van der Waals surface area contributed by atoms with E-state index in [0.29, 0.717) is 18.0 Å². The van der Waals surface area contributed by atoms with Crippen molar-refractivity contribution in [3.8, 4) is 0 Å². The number of benzene rings is 1. The van der Waals surface area contributed by atoms with E-state index in [0.717, 1.165) is 45.2 Å². The Morgan fingerprint density at radius 1 is 1.07 bits per heavy atom. The van der Waals surface area contributed by atoms with Gasteiger partial charge >= 0.3 is 0 Å². The SMILES string of the molecule is CN=C(NCc1ccc(CN2CCN(C)CC2)cc1)NC1CN(C(C)C)CC1C. The molecule has 6 heteroatoms. The lowest BCUT2D eigenvalue weighted by atomic mass is 10.1. The first-order valence-electron chi connectivity index (χ1n) is 11.1. The Labute approximate surface area is 177 Å². The Bertz CT molecular complexity index is 648. The number of aliphatic imine (C=N–C) groups is 1. The Balaban J connectivity index is 1.45. The largest absolute Gasteiger partial charge is 0.352 e. The third-order valence-electron chi connectivity index (χ3n) is 6.40. The fraction of sp³-hybridized carbons (Fsp3) is 0.696. The van der Waals surface area contributed by atoms with Crippen LogP contribution in [0.2, 0.25) is 0 Å². The zero-order valence-corrected chi connectivity index (χ0v) is 19.0. The second-order valence-electron chi connectivity index (χ2n) is 9.10. The molecule has 0 radical (unpaired) electrons. The molecule has 2 unspecified atom stereocenters. The van der Waals surface area contributed by atoms with E-state index in [1.54, 1.807) is 0 Å².